The van der Waals surface area contributed by atoms with Crippen LogP contribution in [-0.4, -0.2) is 53.4 Å². The van der Waals surface area contributed by atoms with Crippen molar-refractivity contribution in [2.45, 2.75) is 89.3 Å². The number of guanidine groups is 1. The maximum atomic E-state index is 12.1. The molecule has 7 heteroatoms. The number of esters is 1. The van der Waals surface area contributed by atoms with Gasteiger partial charge in [-0.1, -0.05) is 32.6 Å². The predicted molar refractivity (Wildman–Crippen MR) is 114 cm³/mol. The normalized spacial score (nSPS) is 21.5. The molecule has 0 aliphatic heterocycles. The van der Waals surface area contributed by atoms with Gasteiger partial charge in [-0.15, -0.1) is 0 Å². The van der Waals surface area contributed by atoms with E-state index in [2.05, 4.69) is 15.6 Å². The second kappa shape index (κ2) is 14.9. The summed E-state index contributed by atoms with van der Waals surface area (Å²) >= 11 is 0. The van der Waals surface area contributed by atoms with Crippen LogP contribution in [0.25, 0.3) is 0 Å². The number of ether oxygens (including phenoxy) is 1. The number of nitrogens with one attached hydrogen (secondary N) is 2. The Hall–Kier alpha value is -1.11. The van der Waals surface area contributed by atoms with E-state index in [1.807, 2.05) is 13.8 Å². The summed E-state index contributed by atoms with van der Waals surface area (Å²) in [6.45, 7) is 5.21. The number of rotatable bonds is 12. The molecule has 0 radical (unpaired) electrons. The van der Waals surface area contributed by atoms with E-state index in [0.29, 0.717) is 24.3 Å². The van der Waals surface area contributed by atoms with Crippen molar-refractivity contribution in [3.8, 4) is 0 Å². The topological polar surface area (TPSA) is 79.8 Å². The van der Waals surface area contributed by atoms with Gasteiger partial charge in [-0.05, 0) is 39.0 Å². The van der Waals surface area contributed by atoms with Gasteiger partial charge in [0, 0.05) is 47.9 Å². The van der Waals surface area contributed by atoms with E-state index in [9.17, 15) is 9.00 Å². The quantitative estimate of drug-likeness (QED) is 0.227. The number of unbranched alkanes of at least 4 members (excludes halogenated alkanes) is 4. The van der Waals surface area contributed by atoms with Crippen molar-refractivity contribution in [2.75, 3.05) is 26.0 Å². The Morgan fingerprint density at radius 1 is 1.15 bits per heavy atom. The van der Waals surface area contributed by atoms with Crippen LogP contribution in [0.4, 0.5) is 0 Å². The molecule has 0 saturated heterocycles. The molecule has 6 nitrogen and oxygen atoms in total. The fraction of sp³-hybridized carbons (Fsp3) is 0.900. The number of carbonyl (C=O) groups excluding carboxylic acids is 1. The molecule has 1 fully saturated rings. The maximum Gasteiger partial charge on any atom is 0.305 e. The summed E-state index contributed by atoms with van der Waals surface area (Å²) in [5.74, 6) is 1.52. The highest BCUT2D eigenvalue weighted by Crippen LogP contribution is 2.22. The summed E-state index contributed by atoms with van der Waals surface area (Å²) in [5.41, 5.74) is 0. The van der Waals surface area contributed by atoms with Gasteiger partial charge in [0.05, 0.1) is 6.61 Å². The molecule has 2 N–H and O–H groups in total. The first-order chi connectivity index (χ1) is 13.1. The van der Waals surface area contributed by atoms with E-state index in [0.717, 1.165) is 76.0 Å². The average molecular weight is 402 g/mol. The van der Waals surface area contributed by atoms with Crippen molar-refractivity contribution in [3.05, 3.63) is 0 Å². The molecule has 1 rings (SSSR count). The lowest BCUT2D eigenvalue weighted by Gasteiger charge is -2.30. The average Bonchev–Trinajstić information content (AvgIpc) is 2.68. The molecular formula is C20H39N3O3S. The number of hydrogen-bond acceptors (Lipinski definition) is 4. The SMILES string of the molecule is CCOC(=O)CCCCCCCNC(=NC)NC1CCCC(S(=O)CC)C1. The van der Waals surface area contributed by atoms with Crippen LogP contribution >= 0.6 is 0 Å². The third-order valence-electron chi connectivity index (χ3n) is 5.00. The highest BCUT2D eigenvalue weighted by molar-refractivity contribution is 7.85. The molecule has 158 valence electrons. The van der Waals surface area contributed by atoms with E-state index < -0.39 is 10.8 Å². The molecule has 0 spiro atoms. The molecule has 0 aromatic heterocycles. The van der Waals surface area contributed by atoms with Crippen LogP contribution in [0.5, 0.6) is 0 Å². The summed E-state index contributed by atoms with van der Waals surface area (Å²) < 4.78 is 17.0. The van der Waals surface area contributed by atoms with Gasteiger partial charge in [0.25, 0.3) is 0 Å². The van der Waals surface area contributed by atoms with Crippen LogP contribution < -0.4 is 10.6 Å². The minimum absolute atomic E-state index is 0.0817. The van der Waals surface area contributed by atoms with Gasteiger partial charge in [-0.25, -0.2) is 0 Å². The van der Waals surface area contributed by atoms with E-state index in [1.54, 1.807) is 7.05 Å². The van der Waals surface area contributed by atoms with Crippen LogP contribution in [-0.2, 0) is 20.3 Å². The fourth-order valence-corrected chi connectivity index (χ4v) is 4.85. The summed E-state index contributed by atoms with van der Waals surface area (Å²) in [6.07, 6.45) is 10.2. The standard InChI is InChI=1S/C20H39N3O3S/c1-4-26-19(24)14-9-7-6-8-10-15-22-20(21-3)23-17-12-11-13-18(16-17)27(25)5-2/h17-18H,4-16H2,1-3H3,(H2,21,22,23). The smallest absolute Gasteiger partial charge is 0.305 e. The fourth-order valence-electron chi connectivity index (χ4n) is 3.50. The molecule has 0 aromatic rings. The van der Waals surface area contributed by atoms with E-state index in [1.165, 1.54) is 0 Å². The first-order valence-electron chi connectivity index (χ1n) is 10.6. The molecule has 0 heterocycles. The minimum Gasteiger partial charge on any atom is -0.466 e. The lowest BCUT2D eigenvalue weighted by Crippen LogP contribution is -2.46. The Kier molecular flexibility index (Phi) is 13.2. The van der Waals surface area contributed by atoms with E-state index >= 15 is 0 Å². The van der Waals surface area contributed by atoms with Crippen molar-refractivity contribution >= 4 is 22.7 Å². The van der Waals surface area contributed by atoms with Crippen molar-refractivity contribution in [1.29, 1.82) is 0 Å². The zero-order valence-electron chi connectivity index (χ0n) is 17.4. The van der Waals surface area contributed by atoms with Gasteiger partial charge in [0.2, 0.25) is 0 Å². The summed E-state index contributed by atoms with van der Waals surface area (Å²) in [4.78, 5) is 15.6. The van der Waals surface area contributed by atoms with Crippen molar-refractivity contribution in [2.24, 2.45) is 4.99 Å². The number of nitrogens with zero attached hydrogens (tertiary/aromatic N) is 1. The largest absolute Gasteiger partial charge is 0.466 e. The molecule has 1 aliphatic carbocycles. The predicted octanol–water partition coefficient (Wildman–Crippen LogP) is 3.13. The molecule has 1 aliphatic rings. The number of carbonyl (C=O) groups is 1. The summed E-state index contributed by atoms with van der Waals surface area (Å²) in [5, 5.41) is 7.22. The van der Waals surface area contributed by atoms with Gasteiger partial charge in [0.15, 0.2) is 5.96 Å². The molecule has 0 aromatic carbocycles. The van der Waals surface area contributed by atoms with Crippen LogP contribution in [0.1, 0.15) is 78.1 Å². The lowest BCUT2D eigenvalue weighted by molar-refractivity contribution is -0.143. The second-order valence-electron chi connectivity index (χ2n) is 7.12. The van der Waals surface area contributed by atoms with E-state index in [-0.39, 0.29) is 5.97 Å². The third-order valence-corrected chi connectivity index (χ3v) is 6.74. The van der Waals surface area contributed by atoms with E-state index in [4.69, 9.17) is 4.74 Å². The highest BCUT2D eigenvalue weighted by Gasteiger charge is 2.25. The van der Waals surface area contributed by atoms with Crippen LogP contribution in [0.2, 0.25) is 0 Å². The van der Waals surface area contributed by atoms with Crippen molar-refractivity contribution in [1.82, 2.24) is 10.6 Å². The Morgan fingerprint density at radius 2 is 1.89 bits per heavy atom. The van der Waals surface area contributed by atoms with Gasteiger partial charge in [0.1, 0.15) is 0 Å². The van der Waals surface area contributed by atoms with Crippen molar-refractivity contribution < 1.29 is 13.7 Å². The zero-order chi connectivity index (χ0) is 19.9. The van der Waals surface area contributed by atoms with Crippen LogP contribution in [0.15, 0.2) is 4.99 Å². The third kappa shape index (κ3) is 10.7. The maximum absolute atomic E-state index is 12.1. The Balaban J connectivity index is 2.11. The first kappa shape index (κ1) is 23.9. The minimum atomic E-state index is -0.696. The Morgan fingerprint density at radius 3 is 2.59 bits per heavy atom. The van der Waals surface area contributed by atoms with Crippen molar-refractivity contribution in [3.63, 3.8) is 0 Å². The summed E-state index contributed by atoms with van der Waals surface area (Å²) in [7, 11) is 1.11. The van der Waals surface area contributed by atoms with Crippen LogP contribution in [0, 0.1) is 0 Å². The highest BCUT2D eigenvalue weighted by atomic mass is 32.2. The summed E-state index contributed by atoms with van der Waals surface area (Å²) in [6, 6.07) is 0.369. The molecule has 1 saturated carbocycles. The zero-order valence-corrected chi connectivity index (χ0v) is 18.2. The molecule has 27 heavy (non-hydrogen) atoms. The van der Waals surface area contributed by atoms with Gasteiger partial charge in [-0.2, -0.15) is 0 Å². The Bertz CT molecular complexity index is 471. The Labute approximate surface area is 167 Å². The van der Waals surface area contributed by atoms with Gasteiger partial charge >= 0.3 is 5.97 Å². The van der Waals surface area contributed by atoms with Gasteiger partial charge < -0.3 is 15.4 Å². The molecular weight excluding hydrogens is 362 g/mol. The molecule has 0 bridgehead atoms. The first-order valence-corrected chi connectivity index (χ1v) is 12.0. The molecule has 3 unspecified atom stereocenters. The monoisotopic (exact) mass is 401 g/mol. The molecule has 0 amide bonds. The molecule has 3 atom stereocenters. The number of aliphatic imine (C=N–C) groups is 1. The van der Waals surface area contributed by atoms with Crippen LogP contribution in [0.3, 0.4) is 0 Å². The van der Waals surface area contributed by atoms with Gasteiger partial charge in [-0.3, -0.25) is 14.0 Å². The number of hydrogen-bond donors (Lipinski definition) is 2. The second-order valence-corrected chi connectivity index (χ2v) is 9.13. The lowest BCUT2D eigenvalue weighted by atomic mass is 9.95.